The van der Waals surface area contributed by atoms with Gasteiger partial charge in [0.05, 0.1) is 12.8 Å². The second-order valence-electron chi connectivity index (χ2n) is 10.2. The molecule has 1 aliphatic carbocycles. The average molecular weight is 485 g/mol. The topological polar surface area (TPSA) is 85.2 Å². The number of Topliss-reactive ketones (excluding diaryl/α,β-unsaturated/α-hetero) is 1. The molecule has 7 heteroatoms. The Morgan fingerprint density at radius 2 is 1.83 bits per heavy atom. The second kappa shape index (κ2) is 9.30. The lowest BCUT2D eigenvalue weighted by atomic mass is 9.73. The number of ketones is 1. The normalized spacial score (nSPS) is 18.2. The molecule has 186 valence electrons. The zero-order chi connectivity index (χ0) is 25.4. The molecule has 1 amide bonds. The number of nitrogens with zero attached hydrogens (tertiary/aromatic N) is 2. The molecule has 36 heavy (non-hydrogen) atoms. The molecule has 0 fully saturated rings. The molecule has 0 bridgehead atoms. The van der Waals surface area contributed by atoms with Crippen LogP contribution in [0, 0.1) is 5.41 Å². The lowest BCUT2D eigenvalue weighted by Crippen LogP contribution is -2.37. The maximum absolute atomic E-state index is 13.4. The Kier molecular flexibility index (Phi) is 6.16. The molecule has 7 nitrogen and oxygen atoms in total. The molecule has 5 rings (SSSR count). The van der Waals surface area contributed by atoms with E-state index in [1.165, 1.54) is 5.56 Å². The number of benzene rings is 2. The number of carbonyl (C=O) groups excluding carboxylic acids is 2. The maximum Gasteiger partial charge on any atom is 0.261 e. The smallest absolute Gasteiger partial charge is 0.261 e. The third kappa shape index (κ3) is 4.41. The van der Waals surface area contributed by atoms with Crippen molar-refractivity contribution in [2.24, 2.45) is 5.41 Å². The van der Waals surface area contributed by atoms with E-state index in [2.05, 4.69) is 60.8 Å². The van der Waals surface area contributed by atoms with Crippen molar-refractivity contribution >= 4 is 23.2 Å². The number of anilines is 2. The number of aryl methyl sites for hydroxylation is 1. The zero-order valence-electron chi connectivity index (χ0n) is 21.2. The minimum absolute atomic E-state index is 0.125. The number of fused-ring (bicyclic) bond motifs is 1. The highest BCUT2D eigenvalue weighted by Gasteiger charge is 2.42. The number of amides is 1. The van der Waals surface area contributed by atoms with Gasteiger partial charge in [-0.1, -0.05) is 45.0 Å². The van der Waals surface area contributed by atoms with Crippen molar-refractivity contribution in [1.29, 1.82) is 0 Å². The first kappa shape index (κ1) is 23.9. The molecule has 1 aliphatic heterocycles. The summed E-state index contributed by atoms with van der Waals surface area (Å²) in [5, 5.41) is 11.0. The van der Waals surface area contributed by atoms with Gasteiger partial charge >= 0.3 is 0 Å². The van der Waals surface area contributed by atoms with Crippen LogP contribution in [0.3, 0.4) is 0 Å². The SMILES string of the molecule is CCOc1ccc(NC(=O)c2cnn3c2NC2=C(C(=O)CC(C)(C)C2)[C@@H]3c2ccc(CC)cc2)cc1. The van der Waals surface area contributed by atoms with Crippen molar-refractivity contribution in [3.63, 3.8) is 0 Å². The first-order valence-electron chi connectivity index (χ1n) is 12.5. The maximum atomic E-state index is 13.4. The van der Waals surface area contributed by atoms with E-state index in [0.29, 0.717) is 30.1 Å². The van der Waals surface area contributed by atoms with E-state index in [1.807, 2.05) is 31.2 Å². The third-order valence-corrected chi connectivity index (χ3v) is 6.87. The number of allylic oxidation sites excluding steroid dienone is 2. The van der Waals surface area contributed by atoms with Gasteiger partial charge < -0.3 is 15.4 Å². The molecule has 1 atom stereocenters. The van der Waals surface area contributed by atoms with Gasteiger partial charge in [0.1, 0.15) is 23.2 Å². The minimum Gasteiger partial charge on any atom is -0.494 e. The molecule has 0 saturated heterocycles. The van der Waals surface area contributed by atoms with Crippen LogP contribution < -0.4 is 15.4 Å². The predicted octanol–water partition coefficient (Wildman–Crippen LogP) is 5.75. The van der Waals surface area contributed by atoms with E-state index in [9.17, 15) is 9.59 Å². The van der Waals surface area contributed by atoms with Gasteiger partial charge in [0.15, 0.2) is 5.78 Å². The summed E-state index contributed by atoms with van der Waals surface area (Å²) in [6.45, 7) is 8.84. The lowest BCUT2D eigenvalue weighted by Gasteiger charge is -2.39. The van der Waals surface area contributed by atoms with Crippen LogP contribution in [0.4, 0.5) is 11.5 Å². The van der Waals surface area contributed by atoms with Crippen molar-refractivity contribution in [3.05, 3.63) is 82.7 Å². The number of rotatable bonds is 6. The summed E-state index contributed by atoms with van der Waals surface area (Å²) >= 11 is 0. The number of carbonyl (C=O) groups is 2. The van der Waals surface area contributed by atoms with Crippen LogP contribution in [0.25, 0.3) is 0 Å². The van der Waals surface area contributed by atoms with Crippen molar-refractivity contribution in [3.8, 4) is 5.75 Å². The van der Waals surface area contributed by atoms with Gasteiger partial charge in [-0.25, -0.2) is 4.68 Å². The number of nitrogens with one attached hydrogen (secondary N) is 2. The van der Waals surface area contributed by atoms with Crippen LogP contribution in [0.2, 0.25) is 0 Å². The molecule has 2 N–H and O–H groups in total. The number of hydrogen-bond donors (Lipinski definition) is 2. The van der Waals surface area contributed by atoms with E-state index in [0.717, 1.165) is 35.4 Å². The van der Waals surface area contributed by atoms with E-state index in [-0.39, 0.29) is 23.1 Å². The van der Waals surface area contributed by atoms with Crippen LogP contribution in [0.1, 0.15) is 68.1 Å². The summed E-state index contributed by atoms with van der Waals surface area (Å²) in [4.78, 5) is 26.7. The molecule has 2 aliphatic rings. The van der Waals surface area contributed by atoms with Crippen molar-refractivity contribution in [1.82, 2.24) is 9.78 Å². The van der Waals surface area contributed by atoms with E-state index >= 15 is 0 Å². The Morgan fingerprint density at radius 1 is 1.11 bits per heavy atom. The van der Waals surface area contributed by atoms with E-state index < -0.39 is 0 Å². The first-order chi connectivity index (χ1) is 17.3. The van der Waals surface area contributed by atoms with Gasteiger partial charge in [-0.2, -0.15) is 5.10 Å². The molecule has 0 radical (unpaired) electrons. The summed E-state index contributed by atoms with van der Waals surface area (Å²) in [6.07, 6.45) is 3.73. The highest BCUT2D eigenvalue weighted by molar-refractivity contribution is 6.08. The third-order valence-electron chi connectivity index (χ3n) is 6.87. The molecule has 2 heterocycles. The predicted molar refractivity (Wildman–Crippen MR) is 140 cm³/mol. The molecular formula is C29H32N4O3. The van der Waals surface area contributed by atoms with Crippen molar-refractivity contribution in [2.75, 3.05) is 17.2 Å². The van der Waals surface area contributed by atoms with Gasteiger partial charge in [0, 0.05) is 23.4 Å². The quantitative estimate of drug-likeness (QED) is 0.465. The molecule has 0 spiro atoms. The van der Waals surface area contributed by atoms with Crippen LogP contribution in [0.5, 0.6) is 5.75 Å². The molecule has 0 unspecified atom stereocenters. The summed E-state index contributed by atoms with van der Waals surface area (Å²) in [7, 11) is 0. The second-order valence-corrected chi connectivity index (χ2v) is 10.2. The van der Waals surface area contributed by atoms with Crippen LogP contribution in [0.15, 0.2) is 66.0 Å². The van der Waals surface area contributed by atoms with Crippen LogP contribution >= 0.6 is 0 Å². The van der Waals surface area contributed by atoms with E-state index in [1.54, 1.807) is 10.9 Å². The Bertz CT molecular complexity index is 1330. The molecule has 2 aromatic carbocycles. The van der Waals surface area contributed by atoms with Crippen molar-refractivity contribution in [2.45, 2.75) is 53.0 Å². The lowest BCUT2D eigenvalue weighted by molar-refractivity contribution is -0.118. The number of aromatic nitrogens is 2. The fourth-order valence-electron chi connectivity index (χ4n) is 5.12. The van der Waals surface area contributed by atoms with Gasteiger partial charge in [0.2, 0.25) is 0 Å². The van der Waals surface area contributed by atoms with Gasteiger partial charge in [0.25, 0.3) is 5.91 Å². The fraction of sp³-hybridized carbons (Fsp3) is 0.345. The Morgan fingerprint density at radius 3 is 2.50 bits per heavy atom. The van der Waals surface area contributed by atoms with Gasteiger partial charge in [-0.15, -0.1) is 0 Å². The standard InChI is InChI=1S/C29H32N4O3/c1-5-18-7-9-19(10-8-18)26-25-23(15-29(3,4)16-24(25)34)32-27-22(17-30-33(26)27)28(35)31-20-11-13-21(14-12-20)36-6-2/h7-14,17,26,32H,5-6,15-16H2,1-4H3,(H,31,35)/t26-/m0/s1. The average Bonchev–Trinajstić information content (AvgIpc) is 3.27. The van der Waals surface area contributed by atoms with E-state index in [4.69, 9.17) is 4.74 Å². The fourth-order valence-corrected chi connectivity index (χ4v) is 5.12. The largest absolute Gasteiger partial charge is 0.494 e. The molecule has 1 aromatic heterocycles. The van der Waals surface area contributed by atoms with Gasteiger partial charge in [-0.3, -0.25) is 9.59 Å². The Labute approximate surface area is 211 Å². The highest BCUT2D eigenvalue weighted by atomic mass is 16.5. The summed E-state index contributed by atoms with van der Waals surface area (Å²) in [6, 6.07) is 15.2. The summed E-state index contributed by atoms with van der Waals surface area (Å²) in [5.41, 5.74) is 4.77. The van der Waals surface area contributed by atoms with Crippen LogP contribution in [-0.2, 0) is 11.2 Å². The van der Waals surface area contributed by atoms with Crippen molar-refractivity contribution < 1.29 is 14.3 Å². The number of hydrogen-bond acceptors (Lipinski definition) is 5. The Hall–Kier alpha value is -3.87. The minimum atomic E-state index is -0.377. The number of ether oxygens (including phenoxy) is 1. The monoisotopic (exact) mass is 484 g/mol. The zero-order valence-corrected chi connectivity index (χ0v) is 21.2. The molecule has 3 aromatic rings. The Balaban J connectivity index is 1.52. The highest BCUT2D eigenvalue weighted by Crippen LogP contribution is 2.46. The molecule has 0 saturated carbocycles. The first-order valence-corrected chi connectivity index (χ1v) is 12.5. The van der Waals surface area contributed by atoms with Gasteiger partial charge in [-0.05, 0) is 60.6 Å². The summed E-state index contributed by atoms with van der Waals surface area (Å²) < 4.78 is 7.27. The molecular weight excluding hydrogens is 452 g/mol. The van der Waals surface area contributed by atoms with Crippen LogP contribution in [-0.4, -0.2) is 28.1 Å². The summed E-state index contributed by atoms with van der Waals surface area (Å²) in [5.74, 6) is 1.21.